The average molecular weight is 227 g/mol. The van der Waals surface area contributed by atoms with Gasteiger partial charge in [-0.25, -0.2) is 4.79 Å². The minimum absolute atomic E-state index is 0.323. The number of nitrogens with zero attached hydrogens (tertiary/aromatic N) is 1. The normalized spacial score (nSPS) is 9.94. The van der Waals surface area contributed by atoms with Crippen molar-refractivity contribution >= 4 is 16.9 Å². The van der Waals surface area contributed by atoms with Crippen LogP contribution in [-0.2, 0) is 6.54 Å². The summed E-state index contributed by atoms with van der Waals surface area (Å²) >= 11 is 0. The summed E-state index contributed by atoms with van der Waals surface area (Å²) in [5, 5.41) is 9.85. The molecule has 1 heterocycles. The predicted octanol–water partition coefficient (Wildman–Crippen LogP) is 2.75. The summed E-state index contributed by atoms with van der Waals surface area (Å²) in [5.41, 5.74) is 1.37. The molecular weight excluding hydrogens is 214 g/mol. The fourth-order valence-electron chi connectivity index (χ4n) is 1.83. The van der Waals surface area contributed by atoms with Crippen LogP contribution in [-0.4, -0.2) is 15.6 Å². The fourth-order valence-corrected chi connectivity index (χ4v) is 1.83. The molecule has 0 saturated heterocycles. The van der Waals surface area contributed by atoms with Gasteiger partial charge in [-0.05, 0) is 31.2 Å². The van der Waals surface area contributed by atoms with Crippen LogP contribution in [0.15, 0.2) is 30.5 Å². The largest absolute Gasteiger partial charge is 0.478 e. The zero-order valence-corrected chi connectivity index (χ0v) is 9.60. The number of aromatic nitrogens is 1. The molecule has 17 heavy (non-hydrogen) atoms. The fraction of sp³-hybridized carbons (Fsp3) is 0.214. The molecule has 1 aromatic carbocycles. The number of benzene rings is 1. The van der Waals surface area contributed by atoms with Gasteiger partial charge in [0.2, 0.25) is 0 Å². The van der Waals surface area contributed by atoms with Crippen molar-refractivity contribution in [2.24, 2.45) is 0 Å². The van der Waals surface area contributed by atoms with Crippen molar-refractivity contribution in [2.75, 3.05) is 0 Å². The van der Waals surface area contributed by atoms with Crippen molar-refractivity contribution < 1.29 is 9.90 Å². The summed E-state index contributed by atoms with van der Waals surface area (Å²) in [6, 6.07) is 7.10. The Balaban J connectivity index is 2.33. The Morgan fingerprint density at radius 1 is 1.41 bits per heavy atom. The van der Waals surface area contributed by atoms with Gasteiger partial charge >= 0.3 is 5.97 Å². The molecule has 1 N–H and O–H groups in total. The van der Waals surface area contributed by atoms with Crippen LogP contribution in [0.2, 0.25) is 0 Å². The van der Waals surface area contributed by atoms with Gasteiger partial charge in [-0.1, -0.05) is 0 Å². The molecule has 0 spiro atoms. The molecule has 3 heteroatoms. The van der Waals surface area contributed by atoms with Crippen LogP contribution in [0.25, 0.3) is 10.9 Å². The summed E-state index contributed by atoms with van der Waals surface area (Å²) in [6.45, 7) is 2.66. The van der Waals surface area contributed by atoms with Gasteiger partial charge in [-0.3, -0.25) is 0 Å². The maximum atomic E-state index is 10.8. The first-order valence-corrected chi connectivity index (χ1v) is 5.44. The van der Waals surface area contributed by atoms with Crippen LogP contribution in [0, 0.1) is 11.8 Å². The zero-order valence-electron chi connectivity index (χ0n) is 9.60. The maximum Gasteiger partial charge on any atom is 0.335 e. The molecule has 1 aromatic heterocycles. The molecule has 0 aliphatic rings. The lowest BCUT2D eigenvalue weighted by atomic mass is 10.1. The van der Waals surface area contributed by atoms with Gasteiger partial charge in [0, 0.05) is 30.1 Å². The highest BCUT2D eigenvalue weighted by atomic mass is 16.4. The van der Waals surface area contributed by atoms with Crippen molar-refractivity contribution in [1.82, 2.24) is 4.57 Å². The second-order valence-corrected chi connectivity index (χ2v) is 3.76. The van der Waals surface area contributed by atoms with Crippen LogP contribution in [0.3, 0.4) is 0 Å². The van der Waals surface area contributed by atoms with E-state index in [4.69, 9.17) is 5.11 Å². The lowest BCUT2D eigenvalue weighted by Gasteiger charge is -2.02. The number of carboxylic acids is 1. The van der Waals surface area contributed by atoms with Crippen LogP contribution >= 0.6 is 0 Å². The summed E-state index contributed by atoms with van der Waals surface area (Å²) in [4.78, 5) is 10.8. The first kappa shape index (κ1) is 11.3. The van der Waals surface area contributed by atoms with E-state index in [9.17, 15) is 4.79 Å². The summed E-state index contributed by atoms with van der Waals surface area (Å²) in [6.07, 6.45) is 2.77. The van der Waals surface area contributed by atoms with Crippen molar-refractivity contribution in [2.45, 2.75) is 19.9 Å². The van der Waals surface area contributed by atoms with Gasteiger partial charge in [0.15, 0.2) is 0 Å². The molecule has 0 radical (unpaired) electrons. The minimum atomic E-state index is -0.892. The molecule has 0 unspecified atom stereocenters. The molecule has 0 bridgehead atoms. The number of carbonyl (C=O) groups is 1. The number of aryl methyl sites for hydroxylation is 1. The quantitative estimate of drug-likeness (QED) is 0.819. The van der Waals surface area contributed by atoms with Crippen LogP contribution < -0.4 is 0 Å². The van der Waals surface area contributed by atoms with E-state index in [0.717, 1.165) is 23.9 Å². The number of carboxylic acid groups (broad SMARTS) is 1. The number of fused-ring (bicyclic) bond motifs is 1. The van der Waals surface area contributed by atoms with E-state index in [1.54, 1.807) is 12.1 Å². The number of hydrogen-bond acceptors (Lipinski definition) is 1. The highest BCUT2D eigenvalue weighted by molar-refractivity contribution is 5.93. The van der Waals surface area contributed by atoms with E-state index in [1.807, 2.05) is 25.3 Å². The molecule has 0 atom stereocenters. The molecule has 0 amide bonds. The van der Waals surface area contributed by atoms with E-state index < -0.39 is 5.97 Å². The monoisotopic (exact) mass is 227 g/mol. The molecule has 86 valence electrons. The van der Waals surface area contributed by atoms with Crippen LogP contribution in [0.1, 0.15) is 23.7 Å². The highest BCUT2D eigenvalue weighted by Crippen LogP contribution is 2.18. The lowest BCUT2D eigenvalue weighted by Crippen LogP contribution is -1.97. The number of rotatable bonds is 3. The first-order valence-electron chi connectivity index (χ1n) is 5.44. The van der Waals surface area contributed by atoms with Crippen LogP contribution in [0.4, 0.5) is 0 Å². The Morgan fingerprint density at radius 3 is 2.94 bits per heavy atom. The second kappa shape index (κ2) is 4.75. The molecule has 2 rings (SSSR count). The van der Waals surface area contributed by atoms with Crippen molar-refractivity contribution in [1.29, 1.82) is 0 Å². The van der Waals surface area contributed by atoms with Gasteiger partial charge in [-0.15, -0.1) is 11.8 Å². The van der Waals surface area contributed by atoms with Crippen LogP contribution in [0.5, 0.6) is 0 Å². The Bertz CT molecular complexity index is 614. The highest BCUT2D eigenvalue weighted by Gasteiger charge is 2.05. The van der Waals surface area contributed by atoms with Gasteiger partial charge in [-0.2, -0.15) is 0 Å². The van der Waals surface area contributed by atoms with Gasteiger partial charge in [0.1, 0.15) is 0 Å². The molecule has 3 nitrogen and oxygen atoms in total. The van der Waals surface area contributed by atoms with E-state index in [2.05, 4.69) is 16.4 Å². The van der Waals surface area contributed by atoms with E-state index in [1.165, 1.54) is 0 Å². The Hall–Kier alpha value is -2.21. The lowest BCUT2D eigenvalue weighted by molar-refractivity contribution is 0.0697. The third kappa shape index (κ3) is 2.31. The molecule has 2 aromatic rings. The molecule has 0 saturated carbocycles. The standard InChI is InChI=1S/C14H13NO2/c1-2-3-4-8-15-9-7-11-10-12(14(16)17)5-6-13(11)15/h5-7,9-10H,4,8H2,1H3,(H,16,17). The van der Waals surface area contributed by atoms with Crippen molar-refractivity contribution in [3.05, 3.63) is 36.0 Å². The second-order valence-electron chi connectivity index (χ2n) is 3.76. The van der Waals surface area contributed by atoms with E-state index in [-0.39, 0.29) is 0 Å². The summed E-state index contributed by atoms with van der Waals surface area (Å²) in [7, 11) is 0. The van der Waals surface area contributed by atoms with E-state index >= 15 is 0 Å². The Kier molecular flexibility index (Phi) is 3.15. The van der Waals surface area contributed by atoms with Crippen molar-refractivity contribution in [3.63, 3.8) is 0 Å². The third-order valence-electron chi connectivity index (χ3n) is 2.67. The molecule has 0 fully saturated rings. The molecule has 0 aliphatic heterocycles. The molecular formula is C14H13NO2. The Morgan fingerprint density at radius 2 is 2.24 bits per heavy atom. The minimum Gasteiger partial charge on any atom is -0.478 e. The summed E-state index contributed by atoms with van der Waals surface area (Å²) in [5.74, 6) is 4.98. The van der Waals surface area contributed by atoms with Gasteiger partial charge in [0.25, 0.3) is 0 Å². The first-order chi connectivity index (χ1) is 8.22. The maximum absolute atomic E-state index is 10.8. The Labute approximate surface area is 99.7 Å². The van der Waals surface area contributed by atoms with E-state index in [0.29, 0.717) is 5.56 Å². The van der Waals surface area contributed by atoms with Crippen molar-refractivity contribution in [3.8, 4) is 11.8 Å². The third-order valence-corrected chi connectivity index (χ3v) is 2.67. The van der Waals surface area contributed by atoms with Gasteiger partial charge < -0.3 is 9.67 Å². The predicted molar refractivity (Wildman–Crippen MR) is 67.0 cm³/mol. The molecule has 0 aliphatic carbocycles. The zero-order chi connectivity index (χ0) is 12.3. The summed E-state index contributed by atoms with van der Waals surface area (Å²) < 4.78 is 2.09. The topological polar surface area (TPSA) is 42.2 Å². The smallest absolute Gasteiger partial charge is 0.335 e. The number of hydrogen-bond donors (Lipinski definition) is 1. The number of aromatic carboxylic acids is 1. The average Bonchev–Trinajstić information content (AvgIpc) is 2.72. The van der Waals surface area contributed by atoms with Gasteiger partial charge in [0.05, 0.1) is 5.56 Å². The SMILES string of the molecule is CC#CCCn1ccc2cc(C(=O)O)ccc21.